The topological polar surface area (TPSA) is 69.4 Å². The highest BCUT2D eigenvalue weighted by Crippen LogP contribution is 2.23. The summed E-state index contributed by atoms with van der Waals surface area (Å²) in [7, 11) is 0. The lowest BCUT2D eigenvalue weighted by Gasteiger charge is -2.06. The van der Waals surface area contributed by atoms with Gasteiger partial charge in [0, 0.05) is 6.42 Å². The maximum absolute atomic E-state index is 10.6. The minimum Gasteiger partial charge on any atom is -0.411 e. The van der Waals surface area contributed by atoms with Gasteiger partial charge in [0.05, 0.1) is 0 Å². The van der Waals surface area contributed by atoms with Crippen molar-refractivity contribution < 1.29 is 14.3 Å². The summed E-state index contributed by atoms with van der Waals surface area (Å²) < 4.78 is 4.78. The third kappa shape index (κ3) is 3.68. The summed E-state index contributed by atoms with van der Waals surface area (Å²) >= 11 is 0. The van der Waals surface area contributed by atoms with Crippen LogP contribution in [0.15, 0.2) is 48.5 Å². The molecule has 0 saturated heterocycles. The standard InChI is InChI=1S/C16H15NO3/c17-16(19)20-15-8-6-13(7-9-15)14-5-1-3-12(11-14)4-2-10-18/h1,3,5-11H,2,4H2,(H2,17,19). The molecule has 0 aromatic heterocycles. The Hall–Kier alpha value is -2.62. The monoisotopic (exact) mass is 269 g/mol. The Morgan fingerprint density at radius 1 is 1.10 bits per heavy atom. The van der Waals surface area contributed by atoms with E-state index in [4.69, 9.17) is 10.5 Å². The van der Waals surface area contributed by atoms with Crippen LogP contribution >= 0.6 is 0 Å². The number of hydrogen-bond donors (Lipinski definition) is 1. The Balaban J connectivity index is 2.18. The smallest absolute Gasteiger partial charge is 0.409 e. The second-order valence-corrected chi connectivity index (χ2v) is 4.35. The van der Waals surface area contributed by atoms with Crippen LogP contribution in [0.4, 0.5) is 4.79 Å². The number of hydrogen-bond acceptors (Lipinski definition) is 3. The van der Waals surface area contributed by atoms with Crippen molar-refractivity contribution in [1.82, 2.24) is 0 Å². The van der Waals surface area contributed by atoms with Crippen molar-refractivity contribution in [3.8, 4) is 16.9 Å². The van der Waals surface area contributed by atoms with Crippen molar-refractivity contribution in [1.29, 1.82) is 0 Å². The van der Waals surface area contributed by atoms with Gasteiger partial charge < -0.3 is 15.3 Å². The fourth-order valence-electron chi connectivity index (χ4n) is 1.96. The van der Waals surface area contributed by atoms with Crippen LogP contribution in [-0.2, 0) is 11.2 Å². The van der Waals surface area contributed by atoms with Crippen LogP contribution in [0.25, 0.3) is 11.1 Å². The number of ether oxygens (including phenoxy) is 1. The molecule has 4 nitrogen and oxygen atoms in total. The van der Waals surface area contributed by atoms with Crippen molar-refractivity contribution >= 4 is 12.4 Å². The molecule has 2 aromatic rings. The second-order valence-electron chi connectivity index (χ2n) is 4.35. The predicted octanol–water partition coefficient (Wildman–Crippen LogP) is 2.94. The Morgan fingerprint density at radius 3 is 2.50 bits per heavy atom. The summed E-state index contributed by atoms with van der Waals surface area (Å²) in [6.45, 7) is 0. The number of aldehydes is 1. The molecule has 2 aromatic carbocycles. The van der Waals surface area contributed by atoms with E-state index in [-0.39, 0.29) is 0 Å². The van der Waals surface area contributed by atoms with E-state index in [1.54, 1.807) is 12.1 Å². The lowest BCUT2D eigenvalue weighted by Crippen LogP contribution is -2.16. The quantitative estimate of drug-likeness (QED) is 0.848. The molecule has 0 atom stereocenters. The molecule has 0 bridgehead atoms. The Kier molecular flexibility index (Phi) is 4.50. The molecule has 0 radical (unpaired) electrons. The summed E-state index contributed by atoms with van der Waals surface area (Å²) in [5, 5.41) is 0. The first-order valence-corrected chi connectivity index (χ1v) is 6.29. The first-order chi connectivity index (χ1) is 9.69. The van der Waals surface area contributed by atoms with Gasteiger partial charge in [0.1, 0.15) is 12.0 Å². The predicted molar refractivity (Wildman–Crippen MR) is 76.5 cm³/mol. The molecule has 2 rings (SSSR count). The highest BCUT2D eigenvalue weighted by atomic mass is 16.5. The van der Waals surface area contributed by atoms with E-state index >= 15 is 0 Å². The Bertz CT molecular complexity index is 605. The molecule has 1 amide bonds. The van der Waals surface area contributed by atoms with Crippen molar-refractivity contribution in [3.05, 3.63) is 54.1 Å². The maximum atomic E-state index is 10.6. The molecule has 0 aliphatic carbocycles. The molecule has 0 aliphatic heterocycles. The third-order valence-electron chi connectivity index (χ3n) is 2.88. The number of nitrogens with two attached hydrogens (primary N) is 1. The van der Waals surface area contributed by atoms with E-state index < -0.39 is 6.09 Å². The Labute approximate surface area is 117 Å². The van der Waals surface area contributed by atoms with Crippen molar-refractivity contribution in [2.45, 2.75) is 12.8 Å². The van der Waals surface area contributed by atoms with Gasteiger partial charge in [-0.05, 0) is 35.2 Å². The summed E-state index contributed by atoms with van der Waals surface area (Å²) in [6, 6.07) is 15.1. The maximum Gasteiger partial charge on any atom is 0.409 e. The van der Waals surface area contributed by atoms with Gasteiger partial charge in [-0.3, -0.25) is 0 Å². The second kappa shape index (κ2) is 6.52. The first kappa shape index (κ1) is 13.8. The van der Waals surface area contributed by atoms with Crippen LogP contribution in [0.2, 0.25) is 0 Å². The molecule has 0 spiro atoms. The zero-order valence-electron chi connectivity index (χ0n) is 10.9. The van der Waals surface area contributed by atoms with Gasteiger partial charge in [-0.25, -0.2) is 4.79 Å². The van der Waals surface area contributed by atoms with Gasteiger partial charge >= 0.3 is 6.09 Å². The minimum atomic E-state index is -0.825. The number of carbonyl (C=O) groups excluding carboxylic acids is 2. The van der Waals surface area contributed by atoms with E-state index in [1.807, 2.05) is 36.4 Å². The molecule has 0 aliphatic rings. The highest BCUT2D eigenvalue weighted by Gasteiger charge is 2.02. The average molecular weight is 269 g/mol. The molecule has 0 unspecified atom stereocenters. The number of benzene rings is 2. The van der Waals surface area contributed by atoms with Crippen LogP contribution in [0.3, 0.4) is 0 Å². The first-order valence-electron chi connectivity index (χ1n) is 6.29. The van der Waals surface area contributed by atoms with Gasteiger partial charge in [0.15, 0.2) is 0 Å². The van der Waals surface area contributed by atoms with E-state index in [0.717, 1.165) is 29.4 Å². The number of amides is 1. The fraction of sp³-hybridized carbons (Fsp3) is 0.125. The average Bonchev–Trinajstić information content (AvgIpc) is 2.45. The van der Waals surface area contributed by atoms with Crippen LogP contribution in [0.1, 0.15) is 12.0 Å². The van der Waals surface area contributed by atoms with Crippen LogP contribution in [-0.4, -0.2) is 12.4 Å². The summed E-state index contributed by atoms with van der Waals surface area (Å²) in [4.78, 5) is 21.0. The molecule has 0 saturated carbocycles. The number of rotatable bonds is 5. The van der Waals surface area contributed by atoms with Crippen molar-refractivity contribution in [3.63, 3.8) is 0 Å². The van der Waals surface area contributed by atoms with Gasteiger partial charge in [-0.2, -0.15) is 0 Å². The summed E-state index contributed by atoms with van der Waals surface area (Å²) in [5.74, 6) is 0.415. The zero-order chi connectivity index (χ0) is 14.4. The number of aryl methyl sites for hydroxylation is 1. The van der Waals surface area contributed by atoms with Crippen LogP contribution < -0.4 is 10.5 Å². The molecule has 20 heavy (non-hydrogen) atoms. The van der Waals surface area contributed by atoms with E-state index in [9.17, 15) is 9.59 Å². The lowest BCUT2D eigenvalue weighted by atomic mass is 10.0. The largest absolute Gasteiger partial charge is 0.411 e. The van der Waals surface area contributed by atoms with Gasteiger partial charge in [-0.1, -0.05) is 36.4 Å². The molecule has 2 N–H and O–H groups in total. The van der Waals surface area contributed by atoms with Crippen LogP contribution in [0.5, 0.6) is 5.75 Å². The van der Waals surface area contributed by atoms with E-state index in [1.165, 1.54) is 0 Å². The molecule has 4 heteroatoms. The fourth-order valence-corrected chi connectivity index (χ4v) is 1.96. The third-order valence-corrected chi connectivity index (χ3v) is 2.88. The SMILES string of the molecule is NC(=O)Oc1ccc(-c2cccc(CCC=O)c2)cc1. The normalized spacial score (nSPS) is 10.0. The highest BCUT2D eigenvalue weighted by molar-refractivity contribution is 5.69. The molecular formula is C16H15NO3. The minimum absolute atomic E-state index is 0.415. The van der Waals surface area contributed by atoms with Gasteiger partial charge in [0.25, 0.3) is 0 Å². The number of carbonyl (C=O) groups is 2. The van der Waals surface area contributed by atoms with Crippen molar-refractivity contribution in [2.75, 3.05) is 0 Å². The van der Waals surface area contributed by atoms with Crippen LogP contribution in [0, 0.1) is 0 Å². The Morgan fingerprint density at radius 2 is 1.85 bits per heavy atom. The molecule has 0 fully saturated rings. The zero-order valence-corrected chi connectivity index (χ0v) is 10.9. The lowest BCUT2D eigenvalue weighted by molar-refractivity contribution is -0.107. The summed E-state index contributed by atoms with van der Waals surface area (Å²) in [5.41, 5.74) is 8.13. The molecular weight excluding hydrogens is 254 g/mol. The van der Waals surface area contributed by atoms with E-state index in [0.29, 0.717) is 12.2 Å². The van der Waals surface area contributed by atoms with E-state index in [2.05, 4.69) is 0 Å². The van der Waals surface area contributed by atoms with Gasteiger partial charge in [-0.15, -0.1) is 0 Å². The van der Waals surface area contributed by atoms with Crippen molar-refractivity contribution in [2.24, 2.45) is 5.73 Å². The summed E-state index contributed by atoms with van der Waals surface area (Å²) in [6.07, 6.45) is 1.35. The van der Waals surface area contributed by atoms with Gasteiger partial charge in [0.2, 0.25) is 0 Å². The molecule has 0 heterocycles. The molecule has 102 valence electrons. The number of primary amides is 1.